The van der Waals surface area contributed by atoms with Gasteiger partial charge in [0.15, 0.2) is 5.76 Å². The van der Waals surface area contributed by atoms with E-state index in [2.05, 4.69) is 5.32 Å². The Balaban J connectivity index is 1.55. The van der Waals surface area contributed by atoms with Crippen LogP contribution in [-0.4, -0.2) is 26.6 Å². The Morgan fingerprint density at radius 1 is 1.12 bits per heavy atom. The maximum atomic E-state index is 12.5. The number of fused-ring (bicyclic) bond motifs is 1. The number of hydrogen-bond donors (Lipinski definition) is 1. The van der Waals surface area contributed by atoms with Crippen LogP contribution in [0.3, 0.4) is 0 Å². The lowest BCUT2D eigenvalue weighted by molar-refractivity contribution is 0.0998. The van der Waals surface area contributed by atoms with Crippen LogP contribution >= 0.6 is 0 Å². The molecule has 0 atom stereocenters. The number of para-hydroxylation sites is 1. The molecule has 2 heterocycles. The highest BCUT2D eigenvalue weighted by Crippen LogP contribution is 2.27. The smallest absolute Gasteiger partial charge is 0.291 e. The number of hydrogen-bond acceptors (Lipinski definition) is 4. The van der Waals surface area contributed by atoms with Gasteiger partial charge in [0, 0.05) is 23.2 Å². The molecule has 7 heteroatoms. The van der Waals surface area contributed by atoms with E-state index >= 15 is 0 Å². The Hall–Kier alpha value is -2.80. The number of carbonyl (C=O) groups excluding carboxylic acids is 1. The summed E-state index contributed by atoms with van der Waals surface area (Å²) in [5.41, 5.74) is 2.65. The number of aryl methyl sites for hydroxylation is 1. The number of furan rings is 1. The van der Waals surface area contributed by atoms with E-state index in [-0.39, 0.29) is 17.4 Å². The van der Waals surface area contributed by atoms with Crippen LogP contribution in [0, 0.1) is 6.92 Å². The molecular weight excluding hydrogens is 352 g/mol. The van der Waals surface area contributed by atoms with Crippen molar-refractivity contribution in [2.45, 2.75) is 13.3 Å². The highest BCUT2D eigenvalue weighted by Gasteiger charge is 2.28. The van der Waals surface area contributed by atoms with Gasteiger partial charge in [-0.15, -0.1) is 0 Å². The minimum Gasteiger partial charge on any atom is -0.451 e. The van der Waals surface area contributed by atoms with Crippen LogP contribution in [0.4, 0.5) is 11.4 Å². The maximum absolute atomic E-state index is 12.5. The third-order valence-electron chi connectivity index (χ3n) is 4.56. The van der Waals surface area contributed by atoms with Gasteiger partial charge in [-0.25, -0.2) is 8.42 Å². The number of nitrogens with zero attached hydrogens (tertiary/aromatic N) is 1. The molecule has 3 aromatic rings. The van der Waals surface area contributed by atoms with E-state index in [0.717, 1.165) is 10.9 Å². The summed E-state index contributed by atoms with van der Waals surface area (Å²) >= 11 is 0. The van der Waals surface area contributed by atoms with Crippen LogP contribution in [0.5, 0.6) is 0 Å². The van der Waals surface area contributed by atoms with E-state index in [4.69, 9.17) is 4.42 Å². The first-order valence-electron chi connectivity index (χ1n) is 8.36. The van der Waals surface area contributed by atoms with Crippen molar-refractivity contribution in [1.82, 2.24) is 0 Å². The normalized spacial score (nSPS) is 16.1. The molecule has 134 valence electrons. The molecule has 1 aliphatic rings. The van der Waals surface area contributed by atoms with Crippen molar-refractivity contribution >= 4 is 38.3 Å². The summed E-state index contributed by atoms with van der Waals surface area (Å²) in [4.78, 5) is 12.5. The van der Waals surface area contributed by atoms with Crippen LogP contribution < -0.4 is 9.62 Å². The average molecular weight is 370 g/mol. The number of sulfonamides is 1. The molecule has 1 aromatic heterocycles. The zero-order valence-corrected chi connectivity index (χ0v) is 15.0. The molecule has 1 saturated heterocycles. The lowest BCUT2D eigenvalue weighted by atomic mass is 10.1. The van der Waals surface area contributed by atoms with Crippen molar-refractivity contribution in [1.29, 1.82) is 0 Å². The van der Waals surface area contributed by atoms with Gasteiger partial charge in [0.05, 0.1) is 11.4 Å². The van der Waals surface area contributed by atoms with Gasteiger partial charge >= 0.3 is 0 Å². The lowest BCUT2D eigenvalue weighted by Gasteiger charge is -2.17. The van der Waals surface area contributed by atoms with Gasteiger partial charge in [-0.2, -0.15) is 0 Å². The standard InChI is InChI=1S/C19H18N2O4S/c1-13-16-5-2-3-6-17(16)25-18(13)19(22)20-14-7-9-15(10-8-14)21-11-4-12-26(21,23)24/h2-3,5-10H,4,11-12H2,1H3,(H,20,22). The minimum absolute atomic E-state index is 0.177. The van der Waals surface area contributed by atoms with Crippen LogP contribution in [0.2, 0.25) is 0 Å². The number of nitrogens with one attached hydrogen (secondary N) is 1. The second-order valence-electron chi connectivity index (χ2n) is 6.30. The van der Waals surface area contributed by atoms with E-state index in [1.165, 1.54) is 4.31 Å². The van der Waals surface area contributed by atoms with Gasteiger partial charge in [0.25, 0.3) is 5.91 Å². The summed E-state index contributed by atoms with van der Waals surface area (Å²) in [7, 11) is -3.21. The monoisotopic (exact) mass is 370 g/mol. The predicted octanol–water partition coefficient (Wildman–Crippen LogP) is 3.53. The number of rotatable bonds is 3. The average Bonchev–Trinajstić information content (AvgIpc) is 3.15. The highest BCUT2D eigenvalue weighted by atomic mass is 32.2. The summed E-state index contributed by atoms with van der Waals surface area (Å²) < 4.78 is 31.0. The molecule has 2 aromatic carbocycles. The fourth-order valence-corrected chi connectivity index (χ4v) is 4.78. The Bertz CT molecular complexity index is 1080. The number of amides is 1. The summed E-state index contributed by atoms with van der Waals surface area (Å²) in [5, 5.41) is 3.71. The van der Waals surface area contributed by atoms with Gasteiger partial charge in [-0.3, -0.25) is 9.10 Å². The molecule has 0 radical (unpaired) electrons. The Labute approximate surface area is 151 Å². The van der Waals surface area contributed by atoms with Crippen LogP contribution in [-0.2, 0) is 10.0 Å². The molecular formula is C19H18N2O4S. The molecule has 6 nitrogen and oxygen atoms in total. The third kappa shape index (κ3) is 2.84. The number of carbonyl (C=O) groups is 1. The predicted molar refractivity (Wildman–Crippen MR) is 101 cm³/mol. The largest absolute Gasteiger partial charge is 0.451 e. The SMILES string of the molecule is Cc1c(C(=O)Nc2ccc(N3CCCS3(=O)=O)cc2)oc2ccccc12. The summed E-state index contributed by atoms with van der Waals surface area (Å²) in [5.74, 6) is 0.120. The van der Waals surface area contributed by atoms with Gasteiger partial charge in [0.1, 0.15) is 5.58 Å². The van der Waals surface area contributed by atoms with Gasteiger partial charge in [0.2, 0.25) is 10.0 Å². The molecule has 0 spiro atoms. The highest BCUT2D eigenvalue weighted by molar-refractivity contribution is 7.93. The van der Waals surface area contributed by atoms with Crippen molar-refractivity contribution in [2.24, 2.45) is 0 Å². The van der Waals surface area contributed by atoms with Crippen molar-refractivity contribution in [2.75, 3.05) is 21.9 Å². The van der Waals surface area contributed by atoms with E-state index in [0.29, 0.717) is 29.9 Å². The van der Waals surface area contributed by atoms with E-state index in [1.54, 1.807) is 24.3 Å². The molecule has 0 bridgehead atoms. The van der Waals surface area contributed by atoms with Crippen LogP contribution in [0.25, 0.3) is 11.0 Å². The third-order valence-corrected chi connectivity index (χ3v) is 6.43. The Morgan fingerprint density at radius 2 is 1.85 bits per heavy atom. The van der Waals surface area contributed by atoms with E-state index in [1.807, 2.05) is 31.2 Å². The first-order chi connectivity index (χ1) is 12.5. The first-order valence-corrected chi connectivity index (χ1v) is 9.96. The Kier molecular flexibility index (Phi) is 3.96. The fourth-order valence-electron chi connectivity index (χ4n) is 3.22. The van der Waals surface area contributed by atoms with Crippen molar-refractivity contribution in [3.63, 3.8) is 0 Å². The molecule has 1 N–H and O–H groups in total. The van der Waals surface area contributed by atoms with Gasteiger partial charge in [-0.05, 0) is 43.7 Å². The van der Waals surface area contributed by atoms with Crippen LogP contribution in [0.15, 0.2) is 52.9 Å². The van der Waals surface area contributed by atoms with Gasteiger partial charge in [-0.1, -0.05) is 18.2 Å². The zero-order valence-electron chi connectivity index (χ0n) is 14.2. The van der Waals surface area contributed by atoms with E-state index in [9.17, 15) is 13.2 Å². The summed E-state index contributed by atoms with van der Waals surface area (Å²) in [6.45, 7) is 2.34. The molecule has 1 fully saturated rings. The fraction of sp³-hybridized carbons (Fsp3) is 0.211. The second kappa shape index (κ2) is 6.17. The number of anilines is 2. The molecule has 0 saturated carbocycles. The van der Waals surface area contributed by atoms with Crippen LogP contribution in [0.1, 0.15) is 22.5 Å². The Morgan fingerprint density at radius 3 is 2.50 bits per heavy atom. The summed E-state index contributed by atoms with van der Waals surface area (Å²) in [6, 6.07) is 14.3. The first kappa shape index (κ1) is 16.7. The quantitative estimate of drug-likeness (QED) is 0.765. The van der Waals surface area contributed by atoms with Gasteiger partial charge < -0.3 is 9.73 Å². The lowest BCUT2D eigenvalue weighted by Crippen LogP contribution is -2.25. The van der Waals surface area contributed by atoms with Crippen molar-refractivity contribution in [3.05, 3.63) is 59.9 Å². The van der Waals surface area contributed by atoms with Crippen molar-refractivity contribution in [3.8, 4) is 0 Å². The molecule has 26 heavy (non-hydrogen) atoms. The molecule has 1 aliphatic heterocycles. The molecule has 4 rings (SSSR count). The van der Waals surface area contributed by atoms with E-state index < -0.39 is 10.0 Å². The molecule has 1 amide bonds. The minimum atomic E-state index is -3.21. The topological polar surface area (TPSA) is 79.6 Å². The second-order valence-corrected chi connectivity index (χ2v) is 8.31. The molecule has 0 aliphatic carbocycles. The van der Waals surface area contributed by atoms with Crippen molar-refractivity contribution < 1.29 is 17.6 Å². The summed E-state index contributed by atoms with van der Waals surface area (Å²) in [6.07, 6.45) is 0.631. The zero-order chi connectivity index (χ0) is 18.3. The number of benzene rings is 2. The molecule has 0 unspecified atom stereocenters. The maximum Gasteiger partial charge on any atom is 0.291 e.